The van der Waals surface area contributed by atoms with Gasteiger partial charge in [0.05, 0.1) is 19.3 Å². The van der Waals surface area contributed by atoms with Gasteiger partial charge in [0.25, 0.3) is 5.89 Å². The molecule has 2 heterocycles. The van der Waals surface area contributed by atoms with Crippen LogP contribution in [0.15, 0.2) is 28.8 Å². The minimum absolute atomic E-state index is 0.0289. The first-order valence-corrected chi connectivity index (χ1v) is 6.61. The van der Waals surface area contributed by atoms with Gasteiger partial charge >= 0.3 is 0 Å². The molecular formula is C14H17N3O2. The van der Waals surface area contributed by atoms with Crippen molar-refractivity contribution in [3.8, 4) is 11.5 Å². The smallest absolute Gasteiger partial charge is 0.257 e. The molecule has 1 fully saturated rings. The highest BCUT2D eigenvalue weighted by molar-refractivity contribution is 5.53. The van der Waals surface area contributed by atoms with Gasteiger partial charge in [0.15, 0.2) is 5.82 Å². The van der Waals surface area contributed by atoms with Crippen molar-refractivity contribution in [1.82, 2.24) is 15.5 Å². The Morgan fingerprint density at radius 3 is 2.84 bits per heavy atom. The Morgan fingerprint density at radius 2 is 2.16 bits per heavy atom. The molecule has 1 atom stereocenters. The fraction of sp³-hybridized carbons (Fsp3) is 0.429. The molecule has 100 valence electrons. The number of rotatable bonds is 3. The molecule has 0 spiro atoms. The molecule has 0 aliphatic carbocycles. The van der Waals surface area contributed by atoms with E-state index in [0.29, 0.717) is 18.3 Å². The third-order valence-electron chi connectivity index (χ3n) is 3.28. The molecule has 5 nitrogen and oxygen atoms in total. The number of hydrogen-bond acceptors (Lipinski definition) is 5. The van der Waals surface area contributed by atoms with E-state index in [4.69, 9.17) is 9.26 Å². The van der Waals surface area contributed by atoms with Crippen LogP contribution in [0.3, 0.4) is 0 Å². The lowest BCUT2D eigenvalue weighted by Gasteiger charge is -2.20. The molecule has 0 bridgehead atoms. The lowest BCUT2D eigenvalue weighted by molar-refractivity contribution is 0.0734. The highest BCUT2D eigenvalue weighted by Crippen LogP contribution is 2.20. The monoisotopic (exact) mass is 259 g/mol. The Kier molecular flexibility index (Phi) is 3.57. The van der Waals surface area contributed by atoms with Crippen molar-refractivity contribution in [2.75, 3.05) is 19.8 Å². The molecule has 1 N–H and O–H groups in total. The second kappa shape index (κ2) is 5.50. The molecule has 3 rings (SSSR count). The van der Waals surface area contributed by atoms with Gasteiger partial charge in [0, 0.05) is 12.1 Å². The van der Waals surface area contributed by atoms with Crippen LogP contribution in [0.1, 0.15) is 24.4 Å². The van der Waals surface area contributed by atoms with Crippen molar-refractivity contribution in [3.05, 3.63) is 35.7 Å². The SMILES string of the molecule is CCc1ccc(-c2nc(C3COCCN3)no2)cc1. The fourth-order valence-corrected chi connectivity index (χ4v) is 2.11. The van der Waals surface area contributed by atoms with Gasteiger partial charge in [-0.3, -0.25) is 0 Å². The van der Waals surface area contributed by atoms with Crippen molar-refractivity contribution in [2.45, 2.75) is 19.4 Å². The molecule has 5 heteroatoms. The van der Waals surface area contributed by atoms with E-state index in [0.717, 1.165) is 25.1 Å². The third kappa shape index (κ3) is 2.67. The summed E-state index contributed by atoms with van der Waals surface area (Å²) in [4.78, 5) is 4.44. The highest BCUT2D eigenvalue weighted by Gasteiger charge is 2.21. The minimum atomic E-state index is 0.0289. The van der Waals surface area contributed by atoms with E-state index in [2.05, 4.69) is 34.5 Å². The number of morpholine rings is 1. The van der Waals surface area contributed by atoms with Gasteiger partial charge in [-0.25, -0.2) is 0 Å². The zero-order chi connectivity index (χ0) is 13.1. The van der Waals surface area contributed by atoms with Crippen LogP contribution >= 0.6 is 0 Å². The van der Waals surface area contributed by atoms with Crippen LogP contribution in [0.25, 0.3) is 11.5 Å². The van der Waals surface area contributed by atoms with Crippen molar-refractivity contribution in [1.29, 1.82) is 0 Å². The van der Waals surface area contributed by atoms with E-state index < -0.39 is 0 Å². The zero-order valence-electron chi connectivity index (χ0n) is 10.9. The van der Waals surface area contributed by atoms with Gasteiger partial charge in [0.2, 0.25) is 0 Å². The normalized spacial score (nSPS) is 19.5. The Morgan fingerprint density at radius 1 is 1.32 bits per heavy atom. The van der Waals surface area contributed by atoms with Gasteiger partial charge in [-0.15, -0.1) is 0 Å². The van der Waals surface area contributed by atoms with E-state index >= 15 is 0 Å². The van der Waals surface area contributed by atoms with Crippen LogP contribution in [0.4, 0.5) is 0 Å². The summed E-state index contributed by atoms with van der Waals surface area (Å²) >= 11 is 0. The van der Waals surface area contributed by atoms with Gasteiger partial charge in [-0.05, 0) is 24.1 Å². The summed E-state index contributed by atoms with van der Waals surface area (Å²) in [6, 6.07) is 8.23. The molecule has 1 unspecified atom stereocenters. The van der Waals surface area contributed by atoms with E-state index in [1.165, 1.54) is 5.56 Å². The Hall–Kier alpha value is -1.72. The lowest BCUT2D eigenvalue weighted by Crippen LogP contribution is -2.35. The van der Waals surface area contributed by atoms with E-state index in [9.17, 15) is 0 Å². The predicted molar refractivity (Wildman–Crippen MR) is 70.7 cm³/mol. The van der Waals surface area contributed by atoms with Crippen LogP contribution in [0.5, 0.6) is 0 Å². The average molecular weight is 259 g/mol. The van der Waals surface area contributed by atoms with Crippen LogP contribution in [0, 0.1) is 0 Å². The second-order valence-electron chi connectivity index (χ2n) is 4.59. The van der Waals surface area contributed by atoms with E-state index in [1.807, 2.05) is 12.1 Å². The minimum Gasteiger partial charge on any atom is -0.378 e. The molecule has 1 saturated heterocycles. The molecule has 1 aliphatic heterocycles. The number of nitrogens with one attached hydrogen (secondary N) is 1. The molecule has 2 aromatic rings. The first-order chi connectivity index (χ1) is 9.36. The number of aryl methyl sites for hydroxylation is 1. The molecule has 19 heavy (non-hydrogen) atoms. The van der Waals surface area contributed by atoms with Gasteiger partial charge in [0.1, 0.15) is 0 Å². The van der Waals surface area contributed by atoms with Gasteiger partial charge in [-0.2, -0.15) is 4.98 Å². The largest absolute Gasteiger partial charge is 0.378 e. The first-order valence-electron chi connectivity index (χ1n) is 6.61. The standard InChI is InChI=1S/C14H17N3O2/c1-2-10-3-5-11(6-4-10)14-16-13(17-19-14)12-9-18-8-7-15-12/h3-6,12,15H,2,7-9H2,1H3. The summed E-state index contributed by atoms with van der Waals surface area (Å²) in [5.41, 5.74) is 2.25. The number of benzene rings is 1. The summed E-state index contributed by atoms with van der Waals surface area (Å²) in [5.74, 6) is 1.22. The van der Waals surface area contributed by atoms with E-state index in [-0.39, 0.29) is 6.04 Å². The van der Waals surface area contributed by atoms with Crippen molar-refractivity contribution in [2.24, 2.45) is 0 Å². The summed E-state index contributed by atoms with van der Waals surface area (Å²) in [7, 11) is 0. The van der Waals surface area contributed by atoms with Crippen molar-refractivity contribution < 1.29 is 9.26 Å². The topological polar surface area (TPSA) is 60.2 Å². The summed E-state index contributed by atoms with van der Waals surface area (Å²) in [5, 5.41) is 7.34. The fourth-order valence-electron chi connectivity index (χ4n) is 2.11. The van der Waals surface area contributed by atoms with Crippen LogP contribution in [0.2, 0.25) is 0 Å². The number of nitrogens with zero attached hydrogens (tertiary/aromatic N) is 2. The average Bonchev–Trinajstić information content (AvgIpc) is 2.98. The van der Waals surface area contributed by atoms with Crippen LogP contribution in [-0.2, 0) is 11.2 Å². The number of ether oxygens (including phenoxy) is 1. The summed E-state index contributed by atoms with van der Waals surface area (Å²) in [6.07, 6.45) is 1.03. The quantitative estimate of drug-likeness (QED) is 0.913. The van der Waals surface area contributed by atoms with Crippen LogP contribution in [-0.4, -0.2) is 29.9 Å². The Bertz CT molecular complexity index is 530. The second-order valence-corrected chi connectivity index (χ2v) is 4.59. The van der Waals surface area contributed by atoms with Gasteiger partial charge in [-0.1, -0.05) is 24.2 Å². The maximum Gasteiger partial charge on any atom is 0.257 e. The van der Waals surface area contributed by atoms with Gasteiger partial charge < -0.3 is 14.6 Å². The Labute approximate surface area is 112 Å². The molecule has 1 aromatic heterocycles. The molecule has 1 aliphatic rings. The van der Waals surface area contributed by atoms with Crippen LogP contribution < -0.4 is 5.32 Å². The summed E-state index contributed by atoms with van der Waals surface area (Å²) < 4.78 is 10.7. The predicted octanol–water partition coefficient (Wildman–Crippen LogP) is 1.96. The molecular weight excluding hydrogens is 242 g/mol. The molecule has 0 amide bonds. The lowest BCUT2D eigenvalue weighted by atomic mass is 10.1. The summed E-state index contributed by atoms with van der Waals surface area (Å²) in [6.45, 7) is 4.28. The Balaban J connectivity index is 1.79. The maximum atomic E-state index is 5.40. The molecule has 0 radical (unpaired) electrons. The number of aromatic nitrogens is 2. The number of hydrogen-bond donors (Lipinski definition) is 1. The molecule has 0 saturated carbocycles. The van der Waals surface area contributed by atoms with Crippen molar-refractivity contribution in [3.63, 3.8) is 0 Å². The third-order valence-corrected chi connectivity index (χ3v) is 3.28. The highest BCUT2D eigenvalue weighted by atomic mass is 16.5. The van der Waals surface area contributed by atoms with E-state index in [1.54, 1.807) is 0 Å². The molecule has 1 aromatic carbocycles. The maximum absolute atomic E-state index is 5.40. The zero-order valence-corrected chi connectivity index (χ0v) is 10.9. The first kappa shape index (κ1) is 12.3. The van der Waals surface area contributed by atoms with Crippen molar-refractivity contribution >= 4 is 0 Å².